The predicted octanol–water partition coefficient (Wildman–Crippen LogP) is 2.23. The molecule has 0 aliphatic rings. The van der Waals surface area contributed by atoms with Gasteiger partial charge >= 0.3 is 0 Å². The fraction of sp³-hybridized carbons (Fsp3) is 0.333. The molecule has 1 aromatic heterocycles. The van der Waals surface area contributed by atoms with Crippen molar-refractivity contribution in [1.82, 2.24) is 9.88 Å². The van der Waals surface area contributed by atoms with Gasteiger partial charge in [0.2, 0.25) is 0 Å². The molecule has 1 unspecified atom stereocenters. The molecule has 0 bridgehead atoms. The summed E-state index contributed by atoms with van der Waals surface area (Å²) in [5, 5.41) is 4.34. The second-order valence-electron chi connectivity index (χ2n) is 5.13. The topological polar surface area (TPSA) is 54.2 Å². The van der Waals surface area contributed by atoms with Crippen LogP contribution in [0.15, 0.2) is 30.3 Å². The lowest BCUT2D eigenvalue weighted by atomic mass is 10.1. The third kappa shape index (κ3) is 3.23. The van der Waals surface area contributed by atoms with Crippen molar-refractivity contribution in [3.05, 3.63) is 35.9 Å². The van der Waals surface area contributed by atoms with Gasteiger partial charge in [0, 0.05) is 23.5 Å². The normalized spacial score (nSPS) is 12.6. The summed E-state index contributed by atoms with van der Waals surface area (Å²) in [7, 11) is 4.11. The number of thiocarbonyl (C=S) groups is 1. The van der Waals surface area contributed by atoms with Crippen molar-refractivity contribution in [2.75, 3.05) is 26.0 Å². The third-order valence-electron chi connectivity index (χ3n) is 3.44. The quantitative estimate of drug-likeness (QED) is 0.826. The van der Waals surface area contributed by atoms with Crippen LogP contribution in [0.25, 0.3) is 10.9 Å². The number of hydrogen-bond donors (Lipinski definition) is 2. The van der Waals surface area contributed by atoms with E-state index < -0.39 is 0 Å². The van der Waals surface area contributed by atoms with Crippen molar-refractivity contribution in [2.45, 2.75) is 13.0 Å². The minimum absolute atomic E-state index is 0.396. The van der Waals surface area contributed by atoms with Gasteiger partial charge in [-0.05, 0) is 33.2 Å². The van der Waals surface area contributed by atoms with Crippen LogP contribution >= 0.6 is 12.2 Å². The van der Waals surface area contributed by atoms with Gasteiger partial charge in [0.25, 0.3) is 0 Å². The minimum atomic E-state index is 0.396. The molecule has 0 radical (unpaired) electrons. The predicted molar refractivity (Wildman–Crippen MR) is 89.3 cm³/mol. The highest BCUT2D eigenvalue weighted by Gasteiger charge is 2.09. The lowest BCUT2D eigenvalue weighted by molar-refractivity contribution is 0.326. The van der Waals surface area contributed by atoms with E-state index in [2.05, 4.69) is 36.2 Å². The number of benzene rings is 1. The maximum atomic E-state index is 5.82. The third-order valence-corrected chi connectivity index (χ3v) is 3.66. The Morgan fingerprint density at radius 1 is 1.40 bits per heavy atom. The summed E-state index contributed by atoms with van der Waals surface area (Å²) in [4.78, 5) is 7.16. The monoisotopic (exact) mass is 288 g/mol. The van der Waals surface area contributed by atoms with E-state index in [4.69, 9.17) is 18.0 Å². The maximum Gasteiger partial charge on any atom is 0.127 e. The first-order chi connectivity index (χ1) is 9.49. The molecular weight excluding hydrogens is 268 g/mol. The Morgan fingerprint density at radius 3 is 2.75 bits per heavy atom. The van der Waals surface area contributed by atoms with Gasteiger partial charge in [-0.3, -0.25) is 0 Å². The highest BCUT2D eigenvalue weighted by molar-refractivity contribution is 7.80. The average molecular weight is 288 g/mol. The summed E-state index contributed by atoms with van der Waals surface area (Å²) < 4.78 is 0. The zero-order chi connectivity index (χ0) is 14.7. The molecule has 0 saturated carbocycles. The van der Waals surface area contributed by atoms with E-state index in [9.17, 15) is 0 Å². The van der Waals surface area contributed by atoms with Crippen LogP contribution in [0.2, 0.25) is 0 Å². The molecule has 0 fully saturated rings. The minimum Gasteiger partial charge on any atom is -0.389 e. The van der Waals surface area contributed by atoms with Crippen molar-refractivity contribution >= 4 is 33.9 Å². The van der Waals surface area contributed by atoms with Gasteiger partial charge in [-0.1, -0.05) is 30.4 Å². The van der Waals surface area contributed by atoms with Crippen LogP contribution in [-0.4, -0.2) is 41.6 Å². The SMILES string of the molecule is CC(CNc1cc(C(N)=S)c2ccccc2n1)N(C)C. The number of nitrogens with two attached hydrogens (primary N) is 1. The standard InChI is InChI=1S/C15H20N4S/c1-10(19(2)3)9-17-14-8-12(15(16)20)11-6-4-5-7-13(11)18-14/h4-8,10H,9H2,1-3H3,(H2,16,20)(H,17,18). The summed E-state index contributed by atoms with van der Waals surface area (Å²) in [6, 6.07) is 10.2. The molecule has 4 nitrogen and oxygen atoms in total. The molecule has 0 amide bonds. The van der Waals surface area contributed by atoms with Crippen LogP contribution in [0.5, 0.6) is 0 Å². The molecule has 2 rings (SSSR count). The van der Waals surface area contributed by atoms with Gasteiger partial charge in [-0.25, -0.2) is 4.98 Å². The van der Waals surface area contributed by atoms with E-state index in [1.54, 1.807) is 0 Å². The van der Waals surface area contributed by atoms with E-state index in [-0.39, 0.29) is 0 Å². The first-order valence-electron chi connectivity index (χ1n) is 6.59. The van der Waals surface area contributed by atoms with Gasteiger partial charge < -0.3 is 16.0 Å². The zero-order valence-electron chi connectivity index (χ0n) is 12.1. The Morgan fingerprint density at radius 2 is 2.10 bits per heavy atom. The summed E-state index contributed by atoms with van der Waals surface area (Å²) in [5.74, 6) is 0.806. The number of hydrogen-bond acceptors (Lipinski definition) is 4. The van der Waals surface area contributed by atoms with Gasteiger partial charge in [0.15, 0.2) is 0 Å². The number of aromatic nitrogens is 1. The second-order valence-corrected chi connectivity index (χ2v) is 5.57. The second kappa shape index (κ2) is 6.15. The zero-order valence-corrected chi connectivity index (χ0v) is 12.9. The van der Waals surface area contributed by atoms with E-state index in [1.807, 2.05) is 30.3 Å². The number of likely N-dealkylation sites (N-methyl/N-ethyl adjacent to an activating group) is 1. The Kier molecular flexibility index (Phi) is 4.52. The van der Waals surface area contributed by atoms with Crippen molar-refractivity contribution in [3.8, 4) is 0 Å². The lowest BCUT2D eigenvalue weighted by Gasteiger charge is -2.20. The first kappa shape index (κ1) is 14.7. The fourth-order valence-corrected chi connectivity index (χ4v) is 2.07. The molecule has 1 heterocycles. The Bertz CT molecular complexity index is 624. The smallest absolute Gasteiger partial charge is 0.127 e. The van der Waals surface area contributed by atoms with E-state index >= 15 is 0 Å². The Labute approximate surface area is 125 Å². The Balaban J connectivity index is 2.33. The number of pyridine rings is 1. The summed E-state index contributed by atoms with van der Waals surface area (Å²) in [5.41, 5.74) is 7.59. The maximum absolute atomic E-state index is 5.82. The van der Waals surface area contributed by atoms with E-state index in [0.717, 1.165) is 28.8 Å². The molecule has 1 atom stereocenters. The molecular formula is C15H20N4S. The number of anilines is 1. The van der Waals surface area contributed by atoms with Crippen LogP contribution in [-0.2, 0) is 0 Å². The molecule has 1 aromatic carbocycles. The number of fused-ring (bicyclic) bond motifs is 1. The number of nitrogens with zero attached hydrogens (tertiary/aromatic N) is 2. The van der Waals surface area contributed by atoms with Crippen LogP contribution < -0.4 is 11.1 Å². The van der Waals surface area contributed by atoms with Crippen molar-refractivity contribution in [2.24, 2.45) is 5.73 Å². The molecule has 0 aliphatic heterocycles. The number of nitrogens with one attached hydrogen (secondary N) is 1. The van der Waals surface area contributed by atoms with Gasteiger partial charge in [-0.15, -0.1) is 0 Å². The summed E-state index contributed by atoms with van der Waals surface area (Å²) >= 11 is 5.14. The van der Waals surface area contributed by atoms with E-state index in [1.165, 1.54) is 0 Å². The van der Waals surface area contributed by atoms with Crippen molar-refractivity contribution in [1.29, 1.82) is 0 Å². The number of para-hydroxylation sites is 1. The lowest BCUT2D eigenvalue weighted by Crippen LogP contribution is -2.31. The molecule has 0 saturated heterocycles. The Hall–Kier alpha value is -1.72. The first-order valence-corrected chi connectivity index (χ1v) is 6.99. The molecule has 3 N–H and O–H groups in total. The van der Waals surface area contributed by atoms with Crippen molar-refractivity contribution < 1.29 is 0 Å². The van der Waals surface area contributed by atoms with E-state index in [0.29, 0.717) is 11.0 Å². The molecule has 106 valence electrons. The van der Waals surface area contributed by atoms with Crippen molar-refractivity contribution in [3.63, 3.8) is 0 Å². The number of rotatable bonds is 5. The van der Waals surface area contributed by atoms with Gasteiger partial charge in [0.1, 0.15) is 10.8 Å². The summed E-state index contributed by atoms with van der Waals surface area (Å²) in [6.07, 6.45) is 0. The highest BCUT2D eigenvalue weighted by atomic mass is 32.1. The van der Waals surface area contributed by atoms with Crippen LogP contribution in [0.4, 0.5) is 5.82 Å². The average Bonchev–Trinajstić information content (AvgIpc) is 2.43. The van der Waals surface area contributed by atoms with Gasteiger partial charge in [-0.2, -0.15) is 0 Å². The highest BCUT2D eigenvalue weighted by Crippen LogP contribution is 2.20. The summed E-state index contributed by atoms with van der Waals surface area (Å²) in [6.45, 7) is 2.97. The molecule has 20 heavy (non-hydrogen) atoms. The van der Waals surface area contributed by atoms with Crippen LogP contribution in [0.3, 0.4) is 0 Å². The van der Waals surface area contributed by atoms with Crippen LogP contribution in [0, 0.1) is 0 Å². The molecule has 0 spiro atoms. The molecule has 0 aliphatic carbocycles. The van der Waals surface area contributed by atoms with Crippen LogP contribution in [0.1, 0.15) is 12.5 Å². The molecule has 5 heteroatoms. The fourth-order valence-electron chi connectivity index (χ4n) is 1.90. The largest absolute Gasteiger partial charge is 0.389 e. The van der Waals surface area contributed by atoms with Gasteiger partial charge in [0.05, 0.1) is 5.52 Å². The molecule has 2 aromatic rings.